The van der Waals surface area contributed by atoms with Gasteiger partial charge in [-0.15, -0.1) is 0 Å². The van der Waals surface area contributed by atoms with Gasteiger partial charge in [0.1, 0.15) is 16.9 Å². The fourth-order valence-corrected chi connectivity index (χ4v) is 3.03. The molecule has 2 aromatic carbocycles. The van der Waals surface area contributed by atoms with Crippen molar-refractivity contribution in [1.29, 1.82) is 5.26 Å². The Bertz CT molecular complexity index is 1220. The number of hydrogen-bond acceptors (Lipinski definition) is 5. The van der Waals surface area contributed by atoms with E-state index in [2.05, 4.69) is 4.98 Å². The summed E-state index contributed by atoms with van der Waals surface area (Å²) in [5.74, 6) is -3.51. The molecule has 0 bridgehead atoms. The summed E-state index contributed by atoms with van der Waals surface area (Å²) in [6.07, 6.45) is 0. The molecule has 1 heterocycles. The van der Waals surface area contributed by atoms with E-state index in [1.54, 1.807) is 42.5 Å². The fraction of sp³-hybridized carbons (Fsp3) is 0. The third kappa shape index (κ3) is 3.08. The van der Waals surface area contributed by atoms with E-state index in [0.717, 1.165) is 0 Å². The summed E-state index contributed by atoms with van der Waals surface area (Å²) < 4.78 is 0. The Balaban J connectivity index is 2.47. The Morgan fingerprint density at radius 3 is 2.21 bits per heavy atom. The lowest BCUT2D eigenvalue weighted by Crippen LogP contribution is -2.24. The van der Waals surface area contributed by atoms with Crippen LogP contribution in [0.3, 0.4) is 0 Å². The molecule has 8 heteroatoms. The quantitative estimate of drug-likeness (QED) is 0.545. The number of benzene rings is 2. The van der Waals surface area contributed by atoms with Crippen LogP contribution in [-0.2, 0) is 0 Å². The van der Waals surface area contributed by atoms with Crippen molar-refractivity contribution in [3.63, 3.8) is 0 Å². The average molecular weight is 375 g/mol. The standard InChI is InChI=1S/C20H13N3O5/c21-9-10-4-3-5-11(8-10)12-6-1-2-7-13(12)14-15(19(25)26)17(22)23-18(24)16(14)20(27)28/h1-8H,(H,25,26)(H,27,28)(H3,22,23,24). The molecule has 0 aliphatic heterocycles. The van der Waals surface area contributed by atoms with Crippen LogP contribution in [0, 0.1) is 11.3 Å². The number of aromatic amines is 1. The largest absolute Gasteiger partial charge is 0.478 e. The molecule has 0 amide bonds. The van der Waals surface area contributed by atoms with E-state index in [4.69, 9.17) is 11.0 Å². The van der Waals surface area contributed by atoms with Crippen LogP contribution in [0.4, 0.5) is 5.82 Å². The molecule has 0 aliphatic rings. The number of nitrogen functional groups attached to an aromatic ring is 1. The first-order valence-corrected chi connectivity index (χ1v) is 7.97. The maximum atomic E-state index is 12.2. The highest BCUT2D eigenvalue weighted by molar-refractivity contribution is 6.09. The topological polar surface area (TPSA) is 157 Å². The van der Waals surface area contributed by atoms with Crippen molar-refractivity contribution in [1.82, 2.24) is 4.98 Å². The van der Waals surface area contributed by atoms with Crippen LogP contribution in [0.2, 0.25) is 0 Å². The van der Waals surface area contributed by atoms with E-state index >= 15 is 0 Å². The Kier molecular flexibility index (Phi) is 4.66. The Morgan fingerprint density at radius 1 is 0.964 bits per heavy atom. The molecule has 0 saturated carbocycles. The second kappa shape index (κ2) is 7.09. The van der Waals surface area contributed by atoms with Crippen LogP contribution in [0.25, 0.3) is 22.3 Å². The van der Waals surface area contributed by atoms with E-state index in [1.165, 1.54) is 6.07 Å². The number of nitriles is 1. The molecule has 5 N–H and O–H groups in total. The summed E-state index contributed by atoms with van der Waals surface area (Å²) in [6, 6.07) is 14.9. The number of carbonyl (C=O) groups is 2. The molecular formula is C20H13N3O5. The van der Waals surface area contributed by atoms with E-state index < -0.39 is 34.4 Å². The lowest BCUT2D eigenvalue weighted by atomic mass is 9.89. The summed E-state index contributed by atoms with van der Waals surface area (Å²) in [4.78, 5) is 37.9. The highest BCUT2D eigenvalue weighted by Gasteiger charge is 2.28. The SMILES string of the molecule is N#Cc1cccc(-c2ccccc2-c2c(C(=O)O)c(N)[nH]c(=O)c2C(=O)O)c1. The molecular weight excluding hydrogens is 362 g/mol. The van der Waals surface area contributed by atoms with Crippen LogP contribution in [0.15, 0.2) is 53.3 Å². The van der Waals surface area contributed by atoms with Gasteiger partial charge in [-0.1, -0.05) is 36.4 Å². The minimum atomic E-state index is -1.58. The van der Waals surface area contributed by atoms with Gasteiger partial charge in [-0.05, 0) is 28.8 Å². The first kappa shape index (κ1) is 18.4. The molecule has 0 atom stereocenters. The van der Waals surface area contributed by atoms with E-state index in [9.17, 15) is 24.6 Å². The number of aromatic carboxylic acids is 2. The molecule has 0 saturated heterocycles. The number of H-pyrrole nitrogens is 1. The molecule has 8 nitrogen and oxygen atoms in total. The number of carboxylic acid groups (broad SMARTS) is 2. The number of nitrogens with two attached hydrogens (primary N) is 1. The van der Waals surface area contributed by atoms with Crippen LogP contribution >= 0.6 is 0 Å². The van der Waals surface area contributed by atoms with Gasteiger partial charge in [-0.25, -0.2) is 9.59 Å². The number of aromatic nitrogens is 1. The van der Waals surface area contributed by atoms with Gasteiger partial charge in [0.25, 0.3) is 5.56 Å². The molecule has 28 heavy (non-hydrogen) atoms. The molecule has 0 unspecified atom stereocenters. The molecule has 1 aromatic heterocycles. The molecule has 3 rings (SSSR count). The minimum absolute atomic E-state index is 0.199. The van der Waals surface area contributed by atoms with E-state index in [-0.39, 0.29) is 11.1 Å². The van der Waals surface area contributed by atoms with Crippen molar-refractivity contribution >= 4 is 17.8 Å². The molecule has 0 aliphatic carbocycles. The van der Waals surface area contributed by atoms with E-state index in [0.29, 0.717) is 16.7 Å². The van der Waals surface area contributed by atoms with Crippen LogP contribution in [-0.4, -0.2) is 27.1 Å². The van der Waals surface area contributed by atoms with Gasteiger partial charge in [-0.3, -0.25) is 4.79 Å². The predicted molar refractivity (Wildman–Crippen MR) is 101 cm³/mol. The summed E-state index contributed by atoms with van der Waals surface area (Å²) in [6.45, 7) is 0. The van der Waals surface area contributed by atoms with Gasteiger partial charge in [0.15, 0.2) is 0 Å². The Hall–Kier alpha value is -4.38. The molecule has 138 valence electrons. The van der Waals surface area contributed by atoms with Crippen molar-refractivity contribution in [2.24, 2.45) is 0 Å². The third-order valence-electron chi connectivity index (χ3n) is 4.17. The predicted octanol–water partition coefficient (Wildman–Crippen LogP) is 2.56. The number of hydrogen-bond donors (Lipinski definition) is 4. The van der Waals surface area contributed by atoms with Crippen molar-refractivity contribution in [3.8, 4) is 28.3 Å². The van der Waals surface area contributed by atoms with Crippen LogP contribution in [0.1, 0.15) is 26.3 Å². The van der Waals surface area contributed by atoms with Crippen molar-refractivity contribution in [3.05, 3.63) is 75.6 Å². The second-order valence-corrected chi connectivity index (χ2v) is 5.84. The average Bonchev–Trinajstić information content (AvgIpc) is 2.66. The summed E-state index contributed by atoms with van der Waals surface area (Å²) in [5.41, 5.74) is 4.73. The van der Waals surface area contributed by atoms with Gasteiger partial charge < -0.3 is 20.9 Å². The lowest BCUT2D eigenvalue weighted by Gasteiger charge is -2.16. The zero-order valence-corrected chi connectivity index (χ0v) is 14.3. The molecule has 0 radical (unpaired) electrons. The zero-order chi connectivity index (χ0) is 20.4. The number of rotatable bonds is 4. The van der Waals surface area contributed by atoms with Gasteiger partial charge in [0, 0.05) is 5.56 Å². The second-order valence-electron chi connectivity index (χ2n) is 5.84. The maximum Gasteiger partial charge on any atom is 0.342 e. The number of nitrogens with one attached hydrogen (secondary N) is 1. The van der Waals surface area contributed by atoms with Gasteiger partial charge in [0.2, 0.25) is 0 Å². The normalized spacial score (nSPS) is 10.2. The van der Waals surface area contributed by atoms with Gasteiger partial charge in [0.05, 0.1) is 11.6 Å². The zero-order valence-electron chi connectivity index (χ0n) is 14.3. The monoisotopic (exact) mass is 375 g/mol. The number of pyridine rings is 1. The highest BCUT2D eigenvalue weighted by atomic mass is 16.4. The van der Waals surface area contributed by atoms with Gasteiger partial charge in [-0.2, -0.15) is 5.26 Å². The lowest BCUT2D eigenvalue weighted by molar-refractivity contribution is 0.0695. The number of nitrogens with zero attached hydrogens (tertiary/aromatic N) is 1. The van der Waals surface area contributed by atoms with Crippen LogP contribution in [0.5, 0.6) is 0 Å². The molecule has 3 aromatic rings. The Morgan fingerprint density at radius 2 is 1.61 bits per heavy atom. The molecule has 0 spiro atoms. The first-order chi connectivity index (χ1) is 13.3. The fourth-order valence-electron chi connectivity index (χ4n) is 3.03. The van der Waals surface area contributed by atoms with Crippen molar-refractivity contribution < 1.29 is 19.8 Å². The summed E-state index contributed by atoms with van der Waals surface area (Å²) >= 11 is 0. The Labute approximate surface area is 158 Å². The number of carboxylic acids is 2. The minimum Gasteiger partial charge on any atom is -0.478 e. The molecule has 0 fully saturated rings. The van der Waals surface area contributed by atoms with Gasteiger partial charge >= 0.3 is 11.9 Å². The number of anilines is 1. The third-order valence-corrected chi connectivity index (χ3v) is 4.17. The van der Waals surface area contributed by atoms with Crippen molar-refractivity contribution in [2.45, 2.75) is 0 Å². The van der Waals surface area contributed by atoms with E-state index in [1.807, 2.05) is 6.07 Å². The van der Waals surface area contributed by atoms with Crippen LogP contribution < -0.4 is 11.3 Å². The smallest absolute Gasteiger partial charge is 0.342 e. The summed E-state index contributed by atoms with van der Waals surface area (Å²) in [7, 11) is 0. The maximum absolute atomic E-state index is 12.2. The highest BCUT2D eigenvalue weighted by Crippen LogP contribution is 2.36. The summed E-state index contributed by atoms with van der Waals surface area (Å²) in [5, 5.41) is 28.3. The van der Waals surface area contributed by atoms with Crippen molar-refractivity contribution in [2.75, 3.05) is 5.73 Å². The first-order valence-electron chi connectivity index (χ1n) is 7.97.